The number of allylic oxidation sites excluding steroid dienone is 1. The third kappa shape index (κ3) is 5.18. The van der Waals surface area contributed by atoms with Gasteiger partial charge in [0.25, 0.3) is 0 Å². The van der Waals surface area contributed by atoms with E-state index >= 15 is 0 Å². The maximum absolute atomic E-state index is 3.35. The van der Waals surface area contributed by atoms with E-state index in [-0.39, 0.29) is 0 Å². The van der Waals surface area contributed by atoms with E-state index in [0.29, 0.717) is 0 Å². The number of fused-ring (bicyclic) bond motifs is 1. The zero-order valence-electron chi connectivity index (χ0n) is 14.1. The molecule has 0 spiro atoms. The monoisotopic (exact) mass is 307 g/mol. The quantitative estimate of drug-likeness (QED) is 0.584. The van der Waals surface area contributed by atoms with Crippen molar-refractivity contribution in [3.8, 4) is 11.5 Å². The maximum atomic E-state index is 3.35. The summed E-state index contributed by atoms with van der Waals surface area (Å²) in [5.74, 6) is 3.18. The Hall–Kier alpha value is -1.82. The van der Waals surface area contributed by atoms with Crippen LogP contribution in [0.15, 0.2) is 54.6 Å². The first-order valence-electron chi connectivity index (χ1n) is 7.78. The summed E-state index contributed by atoms with van der Waals surface area (Å²) >= 11 is 0. The Kier molecular flexibility index (Phi) is 5.60. The fraction of sp³-hybridized carbons (Fsp3) is 0.300. The molecule has 22 heavy (non-hydrogen) atoms. The zero-order chi connectivity index (χ0) is 16.0. The van der Waals surface area contributed by atoms with Crippen molar-refractivity contribution in [3.05, 3.63) is 60.2 Å². The first-order valence-corrected chi connectivity index (χ1v) is 11.3. The van der Waals surface area contributed by atoms with E-state index in [1.54, 1.807) is 0 Å². The minimum absolute atomic E-state index is 0.920. The van der Waals surface area contributed by atoms with Gasteiger partial charge in [-0.15, -0.1) is 5.54 Å². The molecule has 0 N–H and O–H groups in total. The van der Waals surface area contributed by atoms with Gasteiger partial charge in [0.05, 0.1) is 0 Å². The lowest BCUT2D eigenvalue weighted by Gasteiger charge is -2.15. The molecule has 0 amide bonds. The van der Waals surface area contributed by atoms with Gasteiger partial charge in [0.2, 0.25) is 0 Å². The molecule has 1 nitrogen and oxygen atoms in total. The van der Waals surface area contributed by atoms with Gasteiger partial charge in [0, 0.05) is 13.1 Å². The highest BCUT2D eigenvalue weighted by atomic mass is 28.3. The average Bonchev–Trinajstić information content (AvgIpc) is 2.46. The molecule has 0 atom stereocenters. The van der Waals surface area contributed by atoms with Gasteiger partial charge in [-0.3, -0.25) is 4.90 Å². The van der Waals surface area contributed by atoms with Crippen molar-refractivity contribution >= 4 is 18.8 Å². The Balaban J connectivity index is 1.98. The summed E-state index contributed by atoms with van der Waals surface area (Å²) in [4.78, 5) is 2.31. The van der Waals surface area contributed by atoms with Crippen LogP contribution in [0.4, 0.5) is 0 Å². The molecule has 0 unspecified atom stereocenters. The van der Waals surface area contributed by atoms with E-state index in [4.69, 9.17) is 0 Å². The number of hydrogen-bond acceptors (Lipinski definition) is 1. The highest BCUT2D eigenvalue weighted by molar-refractivity contribution is 6.83. The molecule has 2 rings (SSSR count). The van der Waals surface area contributed by atoms with Crippen molar-refractivity contribution in [2.45, 2.75) is 26.2 Å². The molecule has 0 aliphatic rings. The SMILES string of the molecule is CN(C/C=C/C#C[Si](C)(C)C)Cc1cccc2ccccc12. The van der Waals surface area contributed by atoms with E-state index < -0.39 is 8.07 Å². The van der Waals surface area contributed by atoms with Gasteiger partial charge >= 0.3 is 0 Å². The molecule has 0 saturated carbocycles. The van der Waals surface area contributed by atoms with E-state index in [9.17, 15) is 0 Å². The molecule has 0 fully saturated rings. The van der Waals surface area contributed by atoms with Gasteiger partial charge in [-0.05, 0) is 29.5 Å². The fourth-order valence-corrected chi connectivity index (χ4v) is 2.85. The second kappa shape index (κ2) is 7.44. The molecule has 2 aromatic rings. The van der Waals surface area contributed by atoms with Crippen LogP contribution in [0.1, 0.15) is 5.56 Å². The first-order chi connectivity index (χ1) is 10.5. The molecule has 2 aromatic carbocycles. The Morgan fingerprint density at radius 1 is 1.05 bits per heavy atom. The number of hydrogen-bond donors (Lipinski definition) is 0. The normalized spacial score (nSPS) is 11.9. The third-order valence-electron chi connectivity index (χ3n) is 3.39. The Morgan fingerprint density at radius 2 is 1.77 bits per heavy atom. The Bertz CT molecular complexity index is 708. The molecular formula is C20H25NSi. The van der Waals surface area contributed by atoms with Gasteiger partial charge in [0.1, 0.15) is 8.07 Å². The van der Waals surface area contributed by atoms with Crippen molar-refractivity contribution in [2.75, 3.05) is 13.6 Å². The largest absolute Gasteiger partial charge is 0.298 e. The van der Waals surface area contributed by atoms with Gasteiger partial charge in [-0.1, -0.05) is 74.1 Å². The van der Waals surface area contributed by atoms with Crippen molar-refractivity contribution in [2.24, 2.45) is 0 Å². The summed E-state index contributed by atoms with van der Waals surface area (Å²) in [5, 5.41) is 2.66. The van der Waals surface area contributed by atoms with Crippen LogP contribution in [0.3, 0.4) is 0 Å². The summed E-state index contributed by atoms with van der Waals surface area (Å²) in [7, 11) is 0.899. The predicted molar refractivity (Wildman–Crippen MR) is 101 cm³/mol. The second-order valence-electron chi connectivity index (χ2n) is 6.76. The Morgan fingerprint density at radius 3 is 2.55 bits per heavy atom. The third-order valence-corrected chi connectivity index (χ3v) is 4.28. The molecule has 114 valence electrons. The molecule has 0 saturated heterocycles. The van der Waals surface area contributed by atoms with Gasteiger partial charge in [-0.2, -0.15) is 0 Å². The van der Waals surface area contributed by atoms with Crippen molar-refractivity contribution in [1.82, 2.24) is 4.90 Å². The van der Waals surface area contributed by atoms with Gasteiger partial charge in [-0.25, -0.2) is 0 Å². The van der Waals surface area contributed by atoms with Crippen LogP contribution in [-0.4, -0.2) is 26.6 Å². The minimum Gasteiger partial charge on any atom is -0.298 e. The topological polar surface area (TPSA) is 3.24 Å². The van der Waals surface area contributed by atoms with Crippen LogP contribution in [0.2, 0.25) is 19.6 Å². The van der Waals surface area contributed by atoms with Crippen LogP contribution >= 0.6 is 0 Å². The molecule has 0 heterocycles. The van der Waals surface area contributed by atoms with E-state index in [1.165, 1.54) is 16.3 Å². The van der Waals surface area contributed by atoms with E-state index in [0.717, 1.165) is 13.1 Å². The highest BCUT2D eigenvalue weighted by Crippen LogP contribution is 2.19. The average molecular weight is 308 g/mol. The van der Waals surface area contributed by atoms with Crippen LogP contribution in [0.5, 0.6) is 0 Å². The van der Waals surface area contributed by atoms with Gasteiger partial charge < -0.3 is 0 Å². The number of likely N-dealkylation sites (N-methyl/N-ethyl adjacent to an activating group) is 1. The summed E-state index contributed by atoms with van der Waals surface area (Å²) in [6, 6.07) is 15.1. The minimum atomic E-state index is -1.25. The molecule has 0 radical (unpaired) electrons. The molecule has 2 heteroatoms. The summed E-state index contributed by atoms with van der Waals surface area (Å²) < 4.78 is 0. The number of benzene rings is 2. The standard InChI is InChI=1S/C20H25NSi/c1-21(15-8-5-9-16-22(2,3)4)17-19-13-10-12-18-11-6-7-14-20(18)19/h5-8,10-14H,15,17H2,1-4H3/b8-5+. The van der Waals surface area contributed by atoms with Crippen molar-refractivity contribution in [3.63, 3.8) is 0 Å². The van der Waals surface area contributed by atoms with Crippen molar-refractivity contribution in [1.29, 1.82) is 0 Å². The zero-order valence-corrected chi connectivity index (χ0v) is 15.1. The summed E-state index contributed by atoms with van der Waals surface area (Å²) in [6.45, 7) is 8.66. The van der Waals surface area contributed by atoms with E-state index in [1.807, 2.05) is 6.08 Å². The lowest BCUT2D eigenvalue weighted by molar-refractivity contribution is 0.365. The molecule has 0 bridgehead atoms. The smallest absolute Gasteiger partial charge is 0.129 e. The van der Waals surface area contributed by atoms with Crippen LogP contribution in [0, 0.1) is 11.5 Å². The predicted octanol–water partition coefficient (Wildman–Crippen LogP) is 4.71. The van der Waals surface area contributed by atoms with E-state index in [2.05, 4.69) is 91.6 Å². The number of nitrogens with zero attached hydrogens (tertiary/aromatic N) is 1. The molecule has 0 aliphatic carbocycles. The number of rotatable bonds is 4. The molecular weight excluding hydrogens is 282 g/mol. The van der Waals surface area contributed by atoms with Gasteiger partial charge in [0.15, 0.2) is 0 Å². The van der Waals surface area contributed by atoms with Crippen LogP contribution in [-0.2, 0) is 6.54 Å². The summed E-state index contributed by atoms with van der Waals surface area (Å²) in [6.07, 6.45) is 4.15. The summed E-state index contributed by atoms with van der Waals surface area (Å²) in [5.41, 5.74) is 4.73. The highest BCUT2D eigenvalue weighted by Gasteiger charge is 2.06. The fourth-order valence-electron chi connectivity index (χ4n) is 2.34. The maximum Gasteiger partial charge on any atom is 0.129 e. The first kappa shape index (κ1) is 16.5. The lowest BCUT2D eigenvalue weighted by atomic mass is 10.0. The molecule has 0 aromatic heterocycles. The van der Waals surface area contributed by atoms with Crippen LogP contribution in [0.25, 0.3) is 10.8 Å². The second-order valence-corrected chi connectivity index (χ2v) is 11.5. The Labute approximate surface area is 135 Å². The van der Waals surface area contributed by atoms with Crippen molar-refractivity contribution < 1.29 is 0 Å². The lowest BCUT2D eigenvalue weighted by Crippen LogP contribution is -2.17. The van der Waals surface area contributed by atoms with Crippen LogP contribution < -0.4 is 0 Å². The molecule has 0 aliphatic heterocycles.